The molecule has 21 heavy (non-hydrogen) atoms. The zero-order chi connectivity index (χ0) is 15.4. The van der Waals surface area contributed by atoms with Crippen LogP contribution < -0.4 is 5.32 Å². The van der Waals surface area contributed by atoms with Crippen LogP contribution in [-0.2, 0) is 9.53 Å². The maximum Gasteiger partial charge on any atom is 0.328 e. The fourth-order valence-corrected chi connectivity index (χ4v) is 1.82. The molecule has 0 saturated heterocycles. The Morgan fingerprint density at radius 1 is 1.43 bits per heavy atom. The van der Waals surface area contributed by atoms with E-state index in [-0.39, 0.29) is 10.6 Å². The molecule has 1 aromatic carbocycles. The summed E-state index contributed by atoms with van der Waals surface area (Å²) in [5.74, 6) is -1.04. The molecule has 0 aliphatic carbocycles. The molecular formula is C12H12ClN5O3. The van der Waals surface area contributed by atoms with E-state index in [0.29, 0.717) is 5.69 Å². The van der Waals surface area contributed by atoms with Crippen LogP contribution in [0.25, 0.3) is 5.69 Å². The van der Waals surface area contributed by atoms with Gasteiger partial charge in [-0.3, -0.25) is 4.79 Å². The van der Waals surface area contributed by atoms with Gasteiger partial charge in [0, 0.05) is 0 Å². The highest BCUT2D eigenvalue weighted by molar-refractivity contribution is 6.34. The lowest BCUT2D eigenvalue weighted by Gasteiger charge is -2.13. The number of hydrogen-bond donors (Lipinski definition) is 1. The lowest BCUT2D eigenvalue weighted by molar-refractivity contribution is -0.142. The van der Waals surface area contributed by atoms with Gasteiger partial charge >= 0.3 is 5.97 Å². The van der Waals surface area contributed by atoms with Crippen molar-refractivity contribution in [2.45, 2.75) is 13.0 Å². The summed E-state index contributed by atoms with van der Waals surface area (Å²) in [6, 6.07) is 3.96. The first-order chi connectivity index (χ1) is 10.0. The number of nitrogens with zero attached hydrogens (tertiary/aromatic N) is 4. The van der Waals surface area contributed by atoms with Crippen molar-refractivity contribution in [1.82, 2.24) is 25.5 Å². The molecule has 0 radical (unpaired) electrons. The largest absolute Gasteiger partial charge is 0.467 e. The number of rotatable bonds is 4. The molecular weight excluding hydrogens is 298 g/mol. The summed E-state index contributed by atoms with van der Waals surface area (Å²) in [4.78, 5) is 23.5. The van der Waals surface area contributed by atoms with Gasteiger partial charge in [-0.2, -0.15) is 0 Å². The minimum Gasteiger partial charge on any atom is -0.467 e. The van der Waals surface area contributed by atoms with Crippen molar-refractivity contribution in [2.75, 3.05) is 7.11 Å². The van der Waals surface area contributed by atoms with Crippen LogP contribution in [0.4, 0.5) is 0 Å². The average Bonchev–Trinajstić information content (AvgIpc) is 3.00. The van der Waals surface area contributed by atoms with E-state index in [0.717, 1.165) is 0 Å². The summed E-state index contributed by atoms with van der Waals surface area (Å²) >= 11 is 6.01. The van der Waals surface area contributed by atoms with Gasteiger partial charge in [-0.1, -0.05) is 11.6 Å². The van der Waals surface area contributed by atoms with E-state index in [1.165, 1.54) is 31.1 Å². The smallest absolute Gasteiger partial charge is 0.328 e. The van der Waals surface area contributed by atoms with Gasteiger partial charge < -0.3 is 10.1 Å². The minimum absolute atomic E-state index is 0.209. The first-order valence-corrected chi connectivity index (χ1v) is 6.32. The van der Waals surface area contributed by atoms with Crippen LogP contribution >= 0.6 is 11.6 Å². The third kappa shape index (κ3) is 3.34. The number of esters is 1. The highest BCUT2D eigenvalue weighted by Crippen LogP contribution is 2.19. The van der Waals surface area contributed by atoms with Crippen molar-refractivity contribution < 1.29 is 14.3 Å². The van der Waals surface area contributed by atoms with Crippen LogP contribution in [0.5, 0.6) is 0 Å². The van der Waals surface area contributed by atoms with Crippen molar-refractivity contribution in [2.24, 2.45) is 0 Å². The van der Waals surface area contributed by atoms with E-state index >= 15 is 0 Å². The highest BCUT2D eigenvalue weighted by Gasteiger charge is 2.19. The van der Waals surface area contributed by atoms with Crippen molar-refractivity contribution >= 4 is 23.5 Å². The molecule has 110 valence electrons. The SMILES string of the molecule is COC(=O)[C@@H](C)NC(=O)c1cc(-n2cnnn2)ccc1Cl. The maximum absolute atomic E-state index is 12.2. The van der Waals surface area contributed by atoms with Crippen molar-refractivity contribution in [3.8, 4) is 5.69 Å². The van der Waals surface area contributed by atoms with Crippen LogP contribution in [0, 0.1) is 0 Å². The first-order valence-electron chi connectivity index (χ1n) is 5.94. The van der Waals surface area contributed by atoms with Crippen LogP contribution in [0.15, 0.2) is 24.5 Å². The van der Waals surface area contributed by atoms with E-state index in [1.807, 2.05) is 0 Å². The molecule has 2 aromatic rings. The zero-order valence-corrected chi connectivity index (χ0v) is 12.0. The number of ether oxygens (including phenoxy) is 1. The lowest BCUT2D eigenvalue weighted by Crippen LogP contribution is -2.39. The topological polar surface area (TPSA) is 99.0 Å². The molecule has 0 aliphatic rings. The number of tetrazole rings is 1. The Balaban J connectivity index is 2.24. The second-order valence-corrected chi connectivity index (χ2v) is 4.54. The second kappa shape index (κ2) is 6.31. The Hall–Kier alpha value is -2.48. The molecule has 1 aromatic heterocycles. The molecule has 1 N–H and O–H groups in total. The molecule has 1 atom stereocenters. The lowest BCUT2D eigenvalue weighted by atomic mass is 10.1. The minimum atomic E-state index is -0.782. The molecule has 1 amide bonds. The normalized spacial score (nSPS) is 11.8. The predicted molar refractivity (Wildman–Crippen MR) is 73.1 cm³/mol. The zero-order valence-electron chi connectivity index (χ0n) is 11.3. The number of carbonyl (C=O) groups excluding carboxylic acids is 2. The average molecular weight is 310 g/mol. The molecule has 0 spiro atoms. The van der Waals surface area contributed by atoms with Gasteiger partial charge in [-0.05, 0) is 35.5 Å². The third-order valence-electron chi connectivity index (χ3n) is 2.71. The number of aromatic nitrogens is 4. The molecule has 2 rings (SSSR count). The number of methoxy groups -OCH3 is 1. The molecule has 0 aliphatic heterocycles. The summed E-state index contributed by atoms with van der Waals surface area (Å²) in [6.45, 7) is 1.52. The van der Waals surface area contributed by atoms with Crippen LogP contribution in [-0.4, -0.2) is 45.2 Å². The predicted octanol–water partition coefficient (Wildman–Crippen LogP) is 0.607. The Morgan fingerprint density at radius 2 is 2.19 bits per heavy atom. The van der Waals surface area contributed by atoms with E-state index in [1.54, 1.807) is 12.1 Å². The van der Waals surface area contributed by atoms with Gasteiger partial charge in [0.1, 0.15) is 12.4 Å². The summed E-state index contributed by atoms with van der Waals surface area (Å²) in [7, 11) is 1.25. The van der Waals surface area contributed by atoms with Gasteiger partial charge in [0.05, 0.1) is 23.4 Å². The van der Waals surface area contributed by atoms with Gasteiger partial charge in [0.25, 0.3) is 5.91 Å². The van der Waals surface area contributed by atoms with Gasteiger partial charge in [-0.25, -0.2) is 9.48 Å². The number of amides is 1. The molecule has 0 saturated carbocycles. The quantitative estimate of drug-likeness (QED) is 0.831. The van der Waals surface area contributed by atoms with E-state index < -0.39 is 17.9 Å². The summed E-state index contributed by atoms with van der Waals surface area (Å²) in [5, 5.41) is 13.5. The standard InChI is InChI=1S/C12H12ClN5O3/c1-7(12(20)21-2)15-11(19)9-5-8(3-4-10(9)13)18-6-14-16-17-18/h3-7H,1-2H3,(H,15,19)/t7-/m1/s1. The van der Waals surface area contributed by atoms with Crippen LogP contribution in [0.3, 0.4) is 0 Å². The molecule has 1 heterocycles. The second-order valence-electron chi connectivity index (χ2n) is 4.14. The van der Waals surface area contributed by atoms with Crippen molar-refractivity contribution in [3.05, 3.63) is 35.1 Å². The van der Waals surface area contributed by atoms with Crippen LogP contribution in [0.2, 0.25) is 5.02 Å². The Bertz CT molecular complexity index is 659. The molecule has 0 bridgehead atoms. The van der Waals surface area contributed by atoms with E-state index in [2.05, 4.69) is 25.6 Å². The van der Waals surface area contributed by atoms with Gasteiger partial charge in [0.2, 0.25) is 0 Å². The Labute approximate surface area is 125 Å². The Kier molecular flexibility index (Phi) is 4.49. The molecule has 0 unspecified atom stereocenters. The number of hydrogen-bond acceptors (Lipinski definition) is 6. The summed E-state index contributed by atoms with van der Waals surface area (Å²) < 4.78 is 5.93. The van der Waals surface area contributed by atoms with Gasteiger partial charge in [-0.15, -0.1) is 5.10 Å². The third-order valence-corrected chi connectivity index (χ3v) is 3.04. The summed E-state index contributed by atoms with van der Waals surface area (Å²) in [5.41, 5.74) is 0.778. The molecule has 8 nitrogen and oxygen atoms in total. The number of benzene rings is 1. The van der Waals surface area contributed by atoms with Crippen molar-refractivity contribution in [1.29, 1.82) is 0 Å². The fourth-order valence-electron chi connectivity index (χ4n) is 1.62. The van der Waals surface area contributed by atoms with Gasteiger partial charge in [0.15, 0.2) is 0 Å². The monoisotopic (exact) mass is 309 g/mol. The van der Waals surface area contributed by atoms with Crippen LogP contribution in [0.1, 0.15) is 17.3 Å². The number of nitrogens with one attached hydrogen (secondary N) is 1. The van der Waals surface area contributed by atoms with E-state index in [9.17, 15) is 9.59 Å². The molecule has 0 fully saturated rings. The fraction of sp³-hybridized carbons (Fsp3) is 0.250. The van der Waals surface area contributed by atoms with Crippen molar-refractivity contribution in [3.63, 3.8) is 0 Å². The maximum atomic E-state index is 12.2. The van der Waals surface area contributed by atoms with E-state index in [4.69, 9.17) is 11.6 Å². The number of halogens is 1. The highest BCUT2D eigenvalue weighted by atomic mass is 35.5. The molecule has 9 heteroatoms. The number of carbonyl (C=O) groups is 2. The Morgan fingerprint density at radius 3 is 2.81 bits per heavy atom. The summed E-state index contributed by atoms with van der Waals surface area (Å²) in [6.07, 6.45) is 1.39. The first kappa shape index (κ1) is 14.9.